The summed E-state index contributed by atoms with van der Waals surface area (Å²) >= 11 is 0. The molecule has 22 heavy (non-hydrogen) atoms. The average molecular weight is 336 g/mol. The molecule has 2 nitrogen and oxygen atoms in total. The highest BCUT2D eigenvalue weighted by Gasteiger charge is 2.59. The molecule has 0 amide bonds. The second-order valence-electron chi connectivity index (χ2n) is 5.46. The average Bonchev–Trinajstić information content (AvgIpc) is 2.33. The molecule has 2 unspecified atom stereocenters. The number of carbonyl (C=O) groups is 1. The molecule has 2 atom stereocenters. The molecule has 0 aliphatic heterocycles. The van der Waals surface area contributed by atoms with Crippen LogP contribution in [0.3, 0.4) is 0 Å². The summed E-state index contributed by atoms with van der Waals surface area (Å²) in [7, 11) is 0. The first-order valence-electron chi connectivity index (χ1n) is 7.31. The van der Waals surface area contributed by atoms with Crippen molar-refractivity contribution in [2.75, 3.05) is 0 Å². The van der Waals surface area contributed by atoms with E-state index in [1.807, 2.05) is 0 Å². The number of unbranched alkanes of at least 4 members (excludes halogenated alkanes) is 1. The van der Waals surface area contributed by atoms with E-state index < -0.39 is 36.1 Å². The maximum atomic E-state index is 12.7. The Hall–Kier alpha value is -0.950. The third-order valence-corrected chi connectivity index (χ3v) is 3.92. The van der Waals surface area contributed by atoms with Gasteiger partial charge in [0.1, 0.15) is 0 Å². The molecule has 0 aromatic heterocycles. The van der Waals surface area contributed by atoms with Gasteiger partial charge in [-0.1, -0.05) is 33.1 Å². The van der Waals surface area contributed by atoms with Gasteiger partial charge in [0.2, 0.25) is 0 Å². The molecule has 0 spiro atoms. The molecule has 0 saturated heterocycles. The SMILES string of the molecule is CCC(CCCCC(CC)C(C(F)(F)F)C(F)(F)F)C(=O)O. The van der Waals surface area contributed by atoms with E-state index in [4.69, 9.17) is 5.11 Å². The Bertz CT molecular complexity index is 323. The van der Waals surface area contributed by atoms with Crippen LogP contribution in [0.25, 0.3) is 0 Å². The van der Waals surface area contributed by atoms with E-state index in [1.165, 1.54) is 6.92 Å². The summed E-state index contributed by atoms with van der Waals surface area (Å²) in [4.78, 5) is 10.8. The van der Waals surface area contributed by atoms with Crippen molar-refractivity contribution in [3.63, 3.8) is 0 Å². The van der Waals surface area contributed by atoms with E-state index in [9.17, 15) is 31.1 Å². The Morgan fingerprint density at radius 3 is 1.68 bits per heavy atom. The van der Waals surface area contributed by atoms with Crippen molar-refractivity contribution in [2.24, 2.45) is 17.8 Å². The topological polar surface area (TPSA) is 37.3 Å². The van der Waals surface area contributed by atoms with Crippen molar-refractivity contribution < 1.29 is 36.2 Å². The quantitative estimate of drug-likeness (QED) is 0.451. The molecule has 0 aliphatic rings. The van der Waals surface area contributed by atoms with E-state index in [2.05, 4.69) is 0 Å². The maximum Gasteiger partial charge on any atom is 0.400 e. The van der Waals surface area contributed by atoms with Crippen molar-refractivity contribution in [3.05, 3.63) is 0 Å². The number of alkyl halides is 6. The zero-order valence-electron chi connectivity index (χ0n) is 12.6. The van der Waals surface area contributed by atoms with Gasteiger partial charge in [0.25, 0.3) is 0 Å². The molecule has 0 aromatic rings. The van der Waals surface area contributed by atoms with Crippen LogP contribution < -0.4 is 0 Å². The minimum absolute atomic E-state index is 0.158. The van der Waals surface area contributed by atoms with E-state index in [0.717, 1.165) is 0 Å². The number of halogens is 6. The Morgan fingerprint density at radius 1 is 0.909 bits per heavy atom. The van der Waals surface area contributed by atoms with Crippen LogP contribution in [0.4, 0.5) is 26.3 Å². The predicted octanol–water partition coefficient (Wildman–Crippen LogP) is 5.42. The van der Waals surface area contributed by atoms with Gasteiger partial charge in [0.05, 0.1) is 5.92 Å². The monoisotopic (exact) mass is 336 g/mol. The normalized spacial score (nSPS) is 15.9. The van der Waals surface area contributed by atoms with Crippen LogP contribution in [0.2, 0.25) is 0 Å². The molecule has 0 radical (unpaired) electrons. The van der Waals surface area contributed by atoms with Crippen molar-refractivity contribution in [3.8, 4) is 0 Å². The van der Waals surface area contributed by atoms with Crippen molar-refractivity contribution >= 4 is 5.97 Å². The zero-order valence-corrected chi connectivity index (χ0v) is 12.6. The fraction of sp³-hybridized carbons (Fsp3) is 0.929. The molecule has 0 aromatic carbocycles. The molecular weight excluding hydrogens is 314 g/mol. The summed E-state index contributed by atoms with van der Waals surface area (Å²) in [5.41, 5.74) is 0. The highest BCUT2D eigenvalue weighted by molar-refractivity contribution is 5.69. The van der Waals surface area contributed by atoms with Crippen LogP contribution in [-0.4, -0.2) is 23.4 Å². The van der Waals surface area contributed by atoms with Gasteiger partial charge in [0, 0.05) is 0 Å². The second-order valence-corrected chi connectivity index (χ2v) is 5.46. The fourth-order valence-electron chi connectivity index (χ4n) is 2.63. The number of aliphatic carboxylic acids is 1. The Morgan fingerprint density at radius 2 is 1.36 bits per heavy atom. The molecular formula is C14H22F6O2. The minimum Gasteiger partial charge on any atom is -0.481 e. The maximum absolute atomic E-state index is 12.7. The summed E-state index contributed by atoms with van der Waals surface area (Å²) in [6.45, 7) is 2.98. The molecule has 0 heterocycles. The van der Waals surface area contributed by atoms with Crippen LogP contribution in [0.1, 0.15) is 52.4 Å². The second kappa shape index (κ2) is 8.62. The summed E-state index contributed by atoms with van der Waals surface area (Å²) in [5, 5.41) is 8.83. The third-order valence-electron chi connectivity index (χ3n) is 3.92. The standard InChI is InChI=1S/C14H22F6O2/c1-3-9(11(13(15,16)17)14(18,19)20)7-5-6-8-10(4-2)12(21)22/h9-11H,3-8H2,1-2H3,(H,21,22). The van der Waals surface area contributed by atoms with E-state index in [-0.39, 0.29) is 25.7 Å². The van der Waals surface area contributed by atoms with Gasteiger partial charge in [-0.05, 0) is 25.2 Å². The Kier molecular flexibility index (Phi) is 8.25. The van der Waals surface area contributed by atoms with Gasteiger partial charge < -0.3 is 5.11 Å². The summed E-state index contributed by atoms with van der Waals surface area (Å²) in [6.07, 6.45) is -9.94. The lowest BCUT2D eigenvalue weighted by Crippen LogP contribution is -2.41. The summed E-state index contributed by atoms with van der Waals surface area (Å²) in [5.74, 6) is -6.42. The van der Waals surface area contributed by atoms with Crippen LogP contribution in [0.15, 0.2) is 0 Å². The number of hydrogen-bond acceptors (Lipinski definition) is 1. The van der Waals surface area contributed by atoms with Crippen LogP contribution in [-0.2, 0) is 4.79 Å². The lowest BCUT2D eigenvalue weighted by atomic mass is 9.84. The van der Waals surface area contributed by atoms with Crippen molar-refractivity contribution in [1.82, 2.24) is 0 Å². The Labute approximate surface area is 125 Å². The number of carboxylic acid groups (broad SMARTS) is 1. The van der Waals surface area contributed by atoms with Gasteiger partial charge in [-0.15, -0.1) is 0 Å². The molecule has 0 bridgehead atoms. The van der Waals surface area contributed by atoms with E-state index in [0.29, 0.717) is 12.8 Å². The first-order valence-corrected chi connectivity index (χ1v) is 7.31. The third kappa shape index (κ3) is 6.87. The molecule has 132 valence electrons. The van der Waals surface area contributed by atoms with Crippen molar-refractivity contribution in [1.29, 1.82) is 0 Å². The van der Waals surface area contributed by atoms with E-state index in [1.54, 1.807) is 6.92 Å². The van der Waals surface area contributed by atoms with Crippen LogP contribution >= 0.6 is 0 Å². The number of rotatable bonds is 9. The lowest BCUT2D eigenvalue weighted by Gasteiger charge is -2.30. The molecule has 1 N–H and O–H groups in total. The van der Waals surface area contributed by atoms with E-state index >= 15 is 0 Å². The number of carboxylic acids is 1. The summed E-state index contributed by atoms with van der Waals surface area (Å²) in [6, 6.07) is 0. The first-order chi connectivity index (χ1) is 9.95. The highest BCUT2D eigenvalue weighted by Crippen LogP contribution is 2.46. The Balaban J connectivity index is 4.61. The molecule has 0 aliphatic carbocycles. The van der Waals surface area contributed by atoms with Gasteiger partial charge in [0.15, 0.2) is 5.92 Å². The minimum atomic E-state index is -5.31. The summed E-state index contributed by atoms with van der Waals surface area (Å²) < 4.78 is 75.9. The van der Waals surface area contributed by atoms with Gasteiger partial charge >= 0.3 is 18.3 Å². The first kappa shape index (κ1) is 21.0. The van der Waals surface area contributed by atoms with Crippen LogP contribution in [0, 0.1) is 17.8 Å². The van der Waals surface area contributed by atoms with Crippen molar-refractivity contribution in [2.45, 2.75) is 64.7 Å². The molecule has 0 rings (SSSR count). The lowest BCUT2D eigenvalue weighted by molar-refractivity contribution is -0.299. The fourth-order valence-corrected chi connectivity index (χ4v) is 2.63. The smallest absolute Gasteiger partial charge is 0.400 e. The zero-order chi connectivity index (χ0) is 17.6. The predicted molar refractivity (Wildman–Crippen MR) is 69.3 cm³/mol. The van der Waals surface area contributed by atoms with Crippen LogP contribution in [0.5, 0.6) is 0 Å². The molecule has 0 saturated carbocycles. The molecule has 8 heteroatoms. The van der Waals surface area contributed by atoms with Gasteiger partial charge in [-0.3, -0.25) is 4.79 Å². The highest BCUT2D eigenvalue weighted by atomic mass is 19.4. The number of hydrogen-bond donors (Lipinski definition) is 1. The largest absolute Gasteiger partial charge is 0.481 e. The van der Waals surface area contributed by atoms with Gasteiger partial charge in [-0.2, -0.15) is 26.3 Å². The molecule has 0 fully saturated rings. The van der Waals surface area contributed by atoms with Gasteiger partial charge in [-0.25, -0.2) is 0 Å².